The third-order valence-electron chi connectivity index (χ3n) is 5.80. The van der Waals surface area contributed by atoms with Crippen LogP contribution in [0, 0.1) is 0 Å². The highest BCUT2D eigenvalue weighted by atomic mass is 16.5. The third kappa shape index (κ3) is 4.81. The Kier molecular flexibility index (Phi) is 6.39. The maximum atomic E-state index is 13.1. The molecule has 2 aromatic heterocycles. The van der Waals surface area contributed by atoms with Crippen LogP contribution in [0.2, 0.25) is 0 Å². The minimum atomic E-state index is 0.0326. The number of hydrogen-bond donors (Lipinski definition) is 0. The van der Waals surface area contributed by atoms with Crippen LogP contribution in [-0.2, 0) is 19.9 Å². The summed E-state index contributed by atoms with van der Waals surface area (Å²) in [5, 5.41) is 4.48. The van der Waals surface area contributed by atoms with Crippen molar-refractivity contribution < 1.29 is 13.9 Å². The number of aromatic nitrogens is 3. The lowest BCUT2D eigenvalue weighted by molar-refractivity contribution is 0.0686. The second kappa shape index (κ2) is 9.37. The Morgan fingerprint density at radius 1 is 1.32 bits per heavy atom. The van der Waals surface area contributed by atoms with Crippen LogP contribution in [-0.4, -0.2) is 45.8 Å². The molecular weight excluding hydrogens is 392 g/mol. The van der Waals surface area contributed by atoms with Gasteiger partial charge >= 0.3 is 0 Å². The maximum Gasteiger partial charge on any atom is 0.272 e. The standard InChI is InChI=1S/C24H30N4O3/c1-4-7-19-14-22(27(2)26-19)24(29)28-11-6-9-18(16-28)23-25-15-21(31-23)13-17-8-5-10-20(12-17)30-3/h5,8,10,12,14-15,18H,4,6-7,9,11,13,16H2,1-3H3/t18-/m1/s1. The van der Waals surface area contributed by atoms with Crippen molar-refractivity contribution in [1.29, 1.82) is 0 Å². The predicted octanol–water partition coefficient (Wildman–Crippen LogP) is 3.98. The van der Waals surface area contributed by atoms with Crippen molar-refractivity contribution in [1.82, 2.24) is 19.7 Å². The van der Waals surface area contributed by atoms with Gasteiger partial charge in [0.15, 0.2) is 5.89 Å². The molecule has 1 aliphatic rings. The summed E-state index contributed by atoms with van der Waals surface area (Å²) in [6.45, 7) is 3.48. The molecule has 1 amide bonds. The zero-order valence-electron chi connectivity index (χ0n) is 18.5. The Morgan fingerprint density at radius 2 is 2.19 bits per heavy atom. The van der Waals surface area contributed by atoms with Crippen molar-refractivity contribution in [2.75, 3.05) is 20.2 Å². The number of methoxy groups -OCH3 is 1. The van der Waals surface area contributed by atoms with E-state index in [0.717, 1.165) is 55.0 Å². The van der Waals surface area contributed by atoms with E-state index >= 15 is 0 Å². The van der Waals surface area contributed by atoms with Crippen LogP contribution in [0.1, 0.15) is 65.5 Å². The van der Waals surface area contributed by atoms with Crippen LogP contribution < -0.4 is 4.74 Å². The molecule has 0 aliphatic carbocycles. The lowest BCUT2D eigenvalue weighted by atomic mass is 9.97. The van der Waals surface area contributed by atoms with E-state index in [4.69, 9.17) is 9.15 Å². The second-order valence-corrected chi connectivity index (χ2v) is 8.18. The maximum absolute atomic E-state index is 13.1. The molecule has 31 heavy (non-hydrogen) atoms. The summed E-state index contributed by atoms with van der Waals surface area (Å²) in [7, 11) is 3.50. The first-order valence-electron chi connectivity index (χ1n) is 11.0. The zero-order chi connectivity index (χ0) is 21.8. The summed E-state index contributed by atoms with van der Waals surface area (Å²) in [5.74, 6) is 2.51. The molecule has 0 saturated carbocycles. The molecule has 0 spiro atoms. The fourth-order valence-electron chi connectivity index (χ4n) is 4.21. The first-order valence-corrected chi connectivity index (χ1v) is 11.0. The van der Waals surface area contributed by atoms with Crippen LogP contribution in [0.4, 0.5) is 0 Å². The fourth-order valence-corrected chi connectivity index (χ4v) is 4.21. The molecular formula is C24H30N4O3. The van der Waals surface area contributed by atoms with Gasteiger partial charge in [0.25, 0.3) is 5.91 Å². The SMILES string of the molecule is CCCc1cc(C(=O)N2CCC[C@@H](c3ncc(Cc4cccc(OC)c4)o3)C2)n(C)n1. The van der Waals surface area contributed by atoms with Crippen molar-refractivity contribution in [3.8, 4) is 5.75 Å². The Morgan fingerprint density at radius 3 is 3.00 bits per heavy atom. The van der Waals surface area contributed by atoms with E-state index in [9.17, 15) is 4.79 Å². The molecule has 164 valence electrons. The minimum Gasteiger partial charge on any atom is -0.497 e. The van der Waals surface area contributed by atoms with Crippen molar-refractivity contribution in [2.24, 2.45) is 7.05 Å². The van der Waals surface area contributed by atoms with Gasteiger partial charge in [0.2, 0.25) is 0 Å². The highest BCUT2D eigenvalue weighted by Crippen LogP contribution is 2.28. The molecule has 3 heterocycles. The Labute approximate surface area is 183 Å². The summed E-state index contributed by atoms with van der Waals surface area (Å²) in [6.07, 6.45) is 6.26. The second-order valence-electron chi connectivity index (χ2n) is 8.18. The molecule has 1 saturated heterocycles. The summed E-state index contributed by atoms with van der Waals surface area (Å²) >= 11 is 0. The predicted molar refractivity (Wildman–Crippen MR) is 117 cm³/mol. The van der Waals surface area contributed by atoms with Gasteiger partial charge in [-0.2, -0.15) is 5.10 Å². The van der Waals surface area contributed by atoms with E-state index in [1.807, 2.05) is 42.3 Å². The van der Waals surface area contributed by atoms with Crippen molar-refractivity contribution in [3.05, 3.63) is 65.1 Å². The van der Waals surface area contributed by atoms with Gasteiger partial charge in [-0.25, -0.2) is 4.98 Å². The molecule has 4 rings (SSSR count). The number of ether oxygens (including phenoxy) is 1. The number of hydrogen-bond acceptors (Lipinski definition) is 5. The highest BCUT2D eigenvalue weighted by Gasteiger charge is 2.29. The van der Waals surface area contributed by atoms with E-state index in [2.05, 4.69) is 17.0 Å². The average Bonchev–Trinajstić information content (AvgIpc) is 3.40. The zero-order valence-corrected chi connectivity index (χ0v) is 18.5. The lowest BCUT2D eigenvalue weighted by Crippen LogP contribution is -2.40. The quantitative estimate of drug-likeness (QED) is 0.576. The fraction of sp³-hybridized carbons (Fsp3) is 0.458. The topological polar surface area (TPSA) is 73.4 Å². The number of amides is 1. The molecule has 1 aliphatic heterocycles. The van der Waals surface area contributed by atoms with Crippen LogP contribution in [0.15, 0.2) is 40.9 Å². The van der Waals surface area contributed by atoms with Crippen LogP contribution >= 0.6 is 0 Å². The van der Waals surface area contributed by atoms with Crippen LogP contribution in [0.25, 0.3) is 0 Å². The number of likely N-dealkylation sites (tertiary alicyclic amines) is 1. The number of carbonyl (C=O) groups is 1. The van der Waals surface area contributed by atoms with Gasteiger partial charge in [0.1, 0.15) is 17.2 Å². The molecule has 0 N–H and O–H groups in total. The van der Waals surface area contributed by atoms with Gasteiger partial charge in [-0.1, -0.05) is 25.5 Å². The monoisotopic (exact) mass is 422 g/mol. The van der Waals surface area contributed by atoms with Gasteiger partial charge in [-0.15, -0.1) is 0 Å². The number of benzene rings is 1. The summed E-state index contributed by atoms with van der Waals surface area (Å²) in [4.78, 5) is 19.6. The number of oxazole rings is 1. The summed E-state index contributed by atoms with van der Waals surface area (Å²) in [6, 6.07) is 9.87. The number of nitrogens with zero attached hydrogens (tertiary/aromatic N) is 4. The lowest BCUT2D eigenvalue weighted by Gasteiger charge is -2.31. The van der Waals surface area contributed by atoms with E-state index in [0.29, 0.717) is 24.6 Å². The van der Waals surface area contributed by atoms with Gasteiger partial charge in [-0.05, 0) is 43.0 Å². The normalized spacial score (nSPS) is 16.5. The highest BCUT2D eigenvalue weighted by molar-refractivity contribution is 5.92. The number of piperidine rings is 1. The van der Waals surface area contributed by atoms with E-state index in [-0.39, 0.29) is 11.8 Å². The first kappa shape index (κ1) is 21.2. The Bertz CT molecular complexity index is 1040. The largest absolute Gasteiger partial charge is 0.497 e. The average molecular weight is 423 g/mol. The van der Waals surface area contributed by atoms with Crippen molar-refractivity contribution in [2.45, 2.75) is 44.9 Å². The molecule has 1 atom stereocenters. The molecule has 1 fully saturated rings. The van der Waals surface area contributed by atoms with E-state index in [1.54, 1.807) is 18.0 Å². The minimum absolute atomic E-state index is 0.0326. The molecule has 1 aromatic carbocycles. The molecule has 0 unspecified atom stereocenters. The summed E-state index contributed by atoms with van der Waals surface area (Å²) in [5.41, 5.74) is 2.73. The first-order chi connectivity index (χ1) is 15.1. The van der Waals surface area contributed by atoms with E-state index in [1.165, 1.54) is 0 Å². The number of rotatable bonds is 7. The molecule has 3 aromatic rings. The molecule has 0 radical (unpaired) electrons. The molecule has 7 nitrogen and oxygen atoms in total. The number of aryl methyl sites for hydroxylation is 2. The molecule has 0 bridgehead atoms. The van der Waals surface area contributed by atoms with Crippen molar-refractivity contribution in [3.63, 3.8) is 0 Å². The van der Waals surface area contributed by atoms with Gasteiger partial charge in [-0.3, -0.25) is 9.48 Å². The Hall–Kier alpha value is -3.09. The van der Waals surface area contributed by atoms with Crippen LogP contribution in [0.3, 0.4) is 0 Å². The Balaban J connectivity index is 1.43. The van der Waals surface area contributed by atoms with Crippen molar-refractivity contribution >= 4 is 5.91 Å². The van der Waals surface area contributed by atoms with Crippen LogP contribution in [0.5, 0.6) is 5.75 Å². The smallest absolute Gasteiger partial charge is 0.272 e. The van der Waals surface area contributed by atoms with Gasteiger partial charge in [0.05, 0.1) is 24.9 Å². The molecule has 7 heteroatoms. The number of carbonyl (C=O) groups excluding carboxylic acids is 1. The van der Waals surface area contributed by atoms with Gasteiger partial charge < -0.3 is 14.1 Å². The van der Waals surface area contributed by atoms with E-state index < -0.39 is 0 Å². The third-order valence-corrected chi connectivity index (χ3v) is 5.80. The summed E-state index contributed by atoms with van der Waals surface area (Å²) < 4.78 is 13.1. The van der Waals surface area contributed by atoms with Gasteiger partial charge in [0, 0.05) is 26.6 Å².